The zero-order valence-corrected chi connectivity index (χ0v) is 18.9. The third-order valence-electron chi connectivity index (χ3n) is 4.42. The van der Waals surface area contributed by atoms with Gasteiger partial charge in [0, 0.05) is 5.38 Å². The predicted molar refractivity (Wildman–Crippen MR) is 112 cm³/mol. The number of nitrogens with zero attached hydrogens (tertiary/aromatic N) is 2. The number of hydrogen-bond donors (Lipinski definition) is 1. The van der Waals surface area contributed by atoms with E-state index >= 15 is 0 Å². The maximum atomic E-state index is 13.3. The van der Waals surface area contributed by atoms with E-state index in [-0.39, 0.29) is 39.8 Å². The summed E-state index contributed by atoms with van der Waals surface area (Å²) >= 11 is 7.49. The number of aryl methyl sites for hydroxylation is 2. The van der Waals surface area contributed by atoms with Gasteiger partial charge in [0.2, 0.25) is 12.5 Å². The molecule has 2 amide bonds. The second-order valence-corrected chi connectivity index (χ2v) is 9.24. The number of nitrogens with one attached hydrogen (secondary N) is 1. The number of thiophene rings is 1. The smallest absolute Gasteiger partial charge is 0.343 e. The zero-order chi connectivity index (χ0) is 22.3. The Morgan fingerprint density at radius 2 is 2.13 bits per heavy atom. The maximum absolute atomic E-state index is 13.3. The molecule has 3 heterocycles. The second kappa shape index (κ2) is 7.94. The highest BCUT2D eigenvalue weighted by atomic mass is 35.5. The molecule has 164 valence electrons. The number of methoxy groups -OCH3 is 1. The topological polar surface area (TPSA) is 120 Å². The summed E-state index contributed by atoms with van der Waals surface area (Å²) in [4.78, 5) is 14.2. The van der Waals surface area contributed by atoms with E-state index in [9.17, 15) is 13.2 Å². The van der Waals surface area contributed by atoms with Gasteiger partial charge in [0.05, 0.1) is 12.0 Å². The van der Waals surface area contributed by atoms with Crippen molar-refractivity contribution in [2.75, 3.05) is 18.8 Å². The van der Waals surface area contributed by atoms with Crippen LogP contribution < -0.4 is 23.8 Å². The van der Waals surface area contributed by atoms with Crippen molar-refractivity contribution in [2.24, 2.45) is 0 Å². The van der Waals surface area contributed by atoms with E-state index in [0.717, 1.165) is 4.90 Å². The summed E-state index contributed by atoms with van der Waals surface area (Å²) < 4.78 is 49.0. The molecule has 0 bridgehead atoms. The number of hydrogen-bond acceptors (Lipinski definition) is 9. The van der Waals surface area contributed by atoms with E-state index in [0.29, 0.717) is 17.0 Å². The lowest BCUT2D eigenvalue weighted by molar-refractivity contribution is 0.171. The molecule has 0 radical (unpaired) electrons. The third-order valence-corrected chi connectivity index (χ3v) is 7.00. The summed E-state index contributed by atoms with van der Waals surface area (Å²) in [7, 11) is -2.78. The highest BCUT2D eigenvalue weighted by molar-refractivity contribution is 7.90. The van der Waals surface area contributed by atoms with Gasteiger partial charge >= 0.3 is 6.03 Å². The number of carbonyl (C=O) groups excluding carboxylic acids is 1. The Morgan fingerprint density at radius 1 is 1.35 bits per heavy atom. The number of fused-ring (bicyclic) bond motifs is 1. The first-order chi connectivity index (χ1) is 14.7. The normalized spacial score (nSPS) is 12.6. The highest BCUT2D eigenvalue weighted by Crippen LogP contribution is 2.51. The van der Waals surface area contributed by atoms with Crippen LogP contribution in [-0.4, -0.2) is 33.5 Å². The lowest BCUT2D eigenvalue weighted by atomic mass is 10.1. The number of amides is 2. The van der Waals surface area contributed by atoms with E-state index < -0.39 is 16.1 Å². The van der Waals surface area contributed by atoms with Gasteiger partial charge in [-0.1, -0.05) is 16.8 Å². The average molecular weight is 486 g/mol. The minimum Gasteiger partial charge on any atom is -0.491 e. The quantitative estimate of drug-likeness (QED) is 0.576. The zero-order valence-electron chi connectivity index (χ0n) is 16.5. The molecule has 10 nitrogen and oxygen atoms in total. The molecule has 1 aliphatic heterocycles. The van der Waals surface area contributed by atoms with Crippen LogP contribution in [0.3, 0.4) is 0 Å². The Morgan fingerprint density at radius 3 is 2.74 bits per heavy atom. The number of aromatic nitrogens is 1. The van der Waals surface area contributed by atoms with Crippen LogP contribution in [0, 0.1) is 13.8 Å². The first-order valence-corrected chi connectivity index (χ1v) is 11.5. The summed E-state index contributed by atoms with van der Waals surface area (Å²) in [6, 6.07) is 1.96. The van der Waals surface area contributed by atoms with Crippen molar-refractivity contribution in [2.45, 2.75) is 18.7 Å². The van der Waals surface area contributed by atoms with Crippen molar-refractivity contribution in [1.29, 1.82) is 0 Å². The Hall–Kier alpha value is -2.96. The van der Waals surface area contributed by atoms with E-state index in [2.05, 4.69) is 5.16 Å². The van der Waals surface area contributed by atoms with Crippen molar-refractivity contribution in [3.05, 3.63) is 39.2 Å². The molecule has 0 fully saturated rings. The van der Waals surface area contributed by atoms with Gasteiger partial charge in [-0.2, -0.15) is 11.3 Å². The van der Waals surface area contributed by atoms with E-state index in [4.69, 9.17) is 30.3 Å². The largest absolute Gasteiger partial charge is 0.491 e. The van der Waals surface area contributed by atoms with E-state index in [1.807, 2.05) is 4.72 Å². The molecule has 1 N–H and O–H groups in total. The molecule has 13 heteroatoms. The van der Waals surface area contributed by atoms with Crippen LogP contribution in [0.15, 0.2) is 32.3 Å². The molecular formula is C18H16ClN3O7S2. The van der Waals surface area contributed by atoms with E-state index in [1.54, 1.807) is 25.3 Å². The number of benzene rings is 1. The Bertz CT molecular complexity index is 1260. The number of halogens is 1. The van der Waals surface area contributed by atoms with Crippen LogP contribution in [0.25, 0.3) is 0 Å². The predicted octanol–water partition coefficient (Wildman–Crippen LogP) is 3.98. The highest BCUT2D eigenvalue weighted by Gasteiger charge is 2.36. The van der Waals surface area contributed by atoms with Crippen molar-refractivity contribution < 1.29 is 31.9 Å². The summed E-state index contributed by atoms with van der Waals surface area (Å²) in [6.45, 7) is 3.23. The lowest BCUT2D eigenvalue weighted by Crippen LogP contribution is -2.40. The first-order valence-electron chi connectivity index (χ1n) is 8.72. The average Bonchev–Trinajstić information content (AvgIpc) is 3.46. The molecule has 0 atom stereocenters. The van der Waals surface area contributed by atoms with Gasteiger partial charge in [-0.15, -0.1) is 0 Å². The molecule has 0 unspecified atom stereocenters. The van der Waals surface area contributed by atoms with Gasteiger partial charge in [-0.25, -0.2) is 22.8 Å². The fourth-order valence-electron chi connectivity index (χ4n) is 3.00. The lowest BCUT2D eigenvalue weighted by Gasteiger charge is -2.24. The molecule has 3 aromatic rings. The molecule has 4 rings (SSSR count). The van der Waals surface area contributed by atoms with Gasteiger partial charge in [0.15, 0.2) is 11.5 Å². The summed E-state index contributed by atoms with van der Waals surface area (Å²) in [6.07, 6.45) is 0. The van der Waals surface area contributed by atoms with Crippen molar-refractivity contribution >= 4 is 50.6 Å². The monoisotopic (exact) mass is 485 g/mol. The Labute approximate surface area is 186 Å². The molecule has 0 saturated carbocycles. The Kier molecular flexibility index (Phi) is 5.45. The van der Waals surface area contributed by atoms with E-state index in [1.165, 1.54) is 29.9 Å². The van der Waals surface area contributed by atoms with Crippen molar-refractivity contribution in [3.8, 4) is 17.2 Å². The minimum absolute atomic E-state index is 0.0298. The van der Waals surface area contributed by atoms with Crippen LogP contribution in [-0.2, 0) is 10.0 Å². The van der Waals surface area contributed by atoms with Crippen LogP contribution in [0.1, 0.15) is 11.3 Å². The van der Waals surface area contributed by atoms with Crippen LogP contribution in [0.2, 0.25) is 5.02 Å². The van der Waals surface area contributed by atoms with Crippen LogP contribution >= 0.6 is 22.9 Å². The van der Waals surface area contributed by atoms with Gasteiger partial charge in [-0.3, -0.25) is 0 Å². The summed E-state index contributed by atoms with van der Waals surface area (Å²) in [5, 5.41) is 6.79. The van der Waals surface area contributed by atoms with Crippen molar-refractivity contribution in [1.82, 2.24) is 9.88 Å². The van der Waals surface area contributed by atoms with Crippen LogP contribution in [0.4, 0.5) is 16.4 Å². The number of carbonyl (C=O) groups is 1. The molecule has 1 aromatic carbocycles. The molecule has 31 heavy (non-hydrogen) atoms. The summed E-state index contributed by atoms with van der Waals surface area (Å²) in [5.41, 5.74) is 0.977. The standard InChI is InChI=1S/C18H16ClN3O7S2/c1-9-6-12-15(28-8-27-12)16(26-3)14(9)22(17-13(19)10(2)20-29-17)18(23)21-31(24,25)11-4-5-30-7-11/h4-7H,8H2,1-3H3,(H,21,23). The molecule has 0 aliphatic carbocycles. The SMILES string of the molecule is COc1c2c(cc(C)c1N(C(=O)NS(=O)(=O)c1ccsc1)c1onc(C)c1Cl)OCO2. The fraction of sp³-hybridized carbons (Fsp3) is 0.222. The molecule has 2 aromatic heterocycles. The van der Waals surface area contributed by atoms with Gasteiger partial charge in [-0.05, 0) is 36.9 Å². The third kappa shape index (κ3) is 3.66. The van der Waals surface area contributed by atoms with Crippen LogP contribution in [0.5, 0.6) is 17.2 Å². The first kappa shape index (κ1) is 21.3. The van der Waals surface area contributed by atoms with Gasteiger partial charge in [0.25, 0.3) is 15.9 Å². The van der Waals surface area contributed by atoms with Gasteiger partial charge in [0.1, 0.15) is 16.4 Å². The number of ether oxygens (including phenoxy) is 3. The van der Waals surface area contributed by atoms with Crippen molar-refractivity contribution in [3.63, 3.8) is 0 Å². The number of anilines is 2. The molecule has 0 spiro atoms. The minimum atomic E-state index is -4.16. The fourth-order valence-corrected chi connectivity index (χ4v) is 5.11. The van der Waals surface area contributed by atoms with Gasteiger partial charge < -0.3 is 18.7 Å². The second-order valence-electron chi connectivity index (χ2n) is 6.40. The maximum Gasteiger partial charge on any atom is 0.343 e. The molecule has 0 saturated heterocycles. The Balaban J connectivity index is 1.88. The number of sulfonamides is 1. The number of rotatable bonds is 5. The molecular weight excluding hydrogens is 470 g/mol. The summed E-state index contributed by atoms with van der Waals surface area (Å²) in [5.74, 6) is 0.635. The number of urea groups is 1. The molecule has 1 aliphatic rings.